The van der Waals surface area contributed by atoms with E-state index < -0.39 is 0 Å². The Morgan fingerprint density at radius 2 is 2.19 bits per heavy atom. The molecule has 0 saturated heterocycles. The molecule has 0 N–H and O–H groups in total. The van der Waals surface area contributed by atoms with Gasteiger partial charge < -0.3 is 4.74 Å². The highest BCUT2D eigenvalue weighted by molar-refractivity contribution is 5.77. The van der Waals surface area contributed by atoms with Gasteiger partial charge in [-0.05, 0) is 49.8 Å². The number of carbonyl (C=O) groups excluding carboxylic acids is 1. The number of benzene rings is 1. The summed E-state index contributed by atoms with van der Waals surface area (Å²) in [6.07, 6.45) is 0.948. The molecule has 1 aliphatic carbocycles. The van der Waals surface area contributed by atoms with Crippen LogP contribution in [0.5, 0.6) is 0 Å². The van der Waals surface area contributed by atoms with Crippen LogP contribution in [0.2, 0.25) is 0 Å². The number of aryl methyl sites for hydroxylation is 1. The molecule has 0 spiro atoms. The van der Waals surface area contributed by atoms with Gasteiger partial charge in [-0.15, -0.1) is 0 Å². The first-order valence-electron chi connectivity index (χ1n) is 5.88. The Bertz CT molecular complexity index is 409. The van der Waals surface area contributed by atoms with Crippen molar-refractivity contribution < 1.29 is 9.53 Å². The topological polar surface area (TPSA) is 26.3 Å². The molecule has 1 saturated carbocycles. The Balaban J connectivity index is 2.11. The smallest absolute Gasteiger partial charge is 0.309 e. The van der Waals surface area contributed by atoms with Gasteiger partial charge in [0.2, 0.25) is 0 Å². The summed E-state index contributed by atoms with van der Waals surface area (Å²) >= 11 is 0. The fourth-order valence-electron chi connectivity index (χ4n) is 2.22. The van der Waals surface area contributed by atoms with E-state index in [4.69, 9.17) is 4.74 Å². The number of carbonyl (C=O) groups is 1. The first-order chi connectivity index (χ1) is 7.65. The average molecular weight is 218 g/mol. The molecule has 1 fully saturated rings. The van der Waals surface area contributed by atoms with Crippen molar-refractivity contribution in [3.63, 3.8) is 0 Å². The molecule has 0 radical (unpaired) electrons. The maximum Gasteiger partial charge on any atom is 0.309 e. The minimum Gasteiger partial charge on any atom is -0.466 e. The Hall–Kier alpha value is -1.31. The van der Waals surface area contributed by atoms with E-state index in [0.717, 1.165) is 6.42 Å². The summed E-state index contributed by atoms with van der Waals surface area (Å²) in [5.74, 6) is 0.452. The van der Waals surface area contributed by atoms with Gasteiger partial charge in [-0.25, -0.2) is 0 Å². The molecule has 2 nitrogen and oxygen atoms in total. The number of hydrogen-bond donors (Lipinski definition) is 0. The second-order valence-corrected chi connectivity index (χ2v) is 4.49. The molecular weight excluding hydrogens is 200 g/mol. The van der Waals surface area contributed by atoms with Gasteiger partial charge in [0, 0.05) is 0 Å². The molecule has 0 unspecified atom stereocenters. The zero-order valence-corrected chi connectivity index (χ0v) is 10.1. The predicted molar refractivity (Wildman–Crippen MR) is 63.4 cm³/mol. The SMILES string of the molecule is CCOC(=O)[C@@H]1C[C@H]1c1cccc(C)c1C. The van der Waals surface area contributed by atoms with Crippen molar-refractivity contribution in [2.75, 3.05) is 6.61 Å². The minimum atomic E-state index is -0.0339. The highest BCUT2D eigenvalue weighted by Crippen LogP contribution is 2.49. The molecule has 1 aliphatic rings. The fraction of sp³-hybridized carbons (Fsp3) is 0.500. The lowest BCUT2D eigenvalue weighted by Gasteiger charge is -2.07. The zero-order chi connectivity index (χ0) is 11.7. The molecule has 0 aromatic heterocycles. The first-order valence-corrected chi connectivity index (χ1v) is 5.88. The van der Waals surface area contributed by atoms with E-state index in [1.807, 2.05) is 6.92 Å². The van der Waals surface area contributed by atoms with Crippen molar-refractivity contribution in [3.8, 4) is 0 Å². The van der Waals surface area contributed by atoms with E-state index in [1.165, 1.54) is 16.7 Å². The van der Waals surface area contributed by atoms with Gasteiger partial charge in [-0.1, -0.05) is 18.2 Å². The van der Waals surface area contributed by atoms with Crippen LogP contribution in [0.4, 0.5) is 0 Å². The van der Waals surface area contributed by atoms with Crippen molar-refractivity contribution in [1.29, 1.82) is 0 Å². The molecular formula is C14H18O2. The van der Waals surface area contributed by atoms with Crippen LogP contribution in [0.3, 0.4) is 0 Å². The molecule has 2 heteroatoms. The highest BCUT2D eigenvalue weighted by Gasteiger charge is 2.45. The van der Waals surface area contributed by atoms with E-state index >= 15 is 0 Å². The molecule has 0 heterocycles. The van der Waals surface area contributed by atoms with E-state index in [2.05, 4.69) is 32.0 Å². The van der Waals surface area contributed by atoms with E-state index in [1.54, 1.807) is 0 Å². The predicted octanol–water partition coefficient (Wildman–Crippen LogP) is 2.97. The summed E-state index contributed by atoms with van der Waals surface area (Å²) in [4.78, 5) is 11.6. The van der Waals surface area contributed by atoms with Crippen molar-refractivity contribution in [3.05, 3.63) is 34.9 Å². The van der Waals surface area contributed by atoms with Gasteiger partial charge in [0.1, 0.15) is 0 Å². The molecule has 0 bridgehead atoms. The Kier molecular flexibility index (Phi) is 2.99. The quantitative estimate of drug-likeness (QED) is 0.729. The Morgan fingerprint density at radius 1 is 1.44 bits per heavy atom. The van der Waals surface area contributed by atoms with Crippen LogP contribution in [-0.2, 0) is 9.53 Å². The molecule has 1 aromatic rings. The third-order valence-corrected chi connectivity index (χ3v) is 3.43. The van der Waals surface area contributed by atoms with Crippen molar-refractivity contribution in [2.45, 2.75) is 33.1 Å². The van der Waals surface area contributed by atoms with Crippen LogP contribution >= 0.6 is 0 Å². The second-order valence-electron chi connectivity index (χ2n) is 4.49. The third kappa shape index (κ3) is 1.97. The maximum atomic E-state index is 11.6. The normalized spacial score (nSPS) is 22.9. The molecule has 0 aliphatic heterocycles. The lowest BCUT2D eigenvalue weighted by molar-refractivity contribution is -0.144. The Morgan fingerprint density at radius 3 is 2.88 bits per heavy atom. The number of hydrogen-bond acceptors (Lipinski definition) is 2. The second kappa shape index (κ2) is 4.28. The largest absolute Gasteiger partial charge is 0.466 e. The van der Waals surface area contributed by atoms with Gasteiger partial charge in [-0.3, -0.25) is 4.79 Å². The van der Waals surface area contributed by atoms with Crippen molar-refractivity contribution in [2.24, 2.45) is 5.92 Å². The molecule has 16 heavy (non-hydrogen) atoms. The summed E-state index contributed by atoms with van der Waals surface area (Å²) in [5, 5.41) is 0. The van der Waals surface area contributed by atoms with Gasteiger partial charge in [-0.2, -0.15) is 0 Å². The minimum absolute atomic E-state index is 0.0339. The molecule has 0 amide bonds. The standard InChI is InChI=1S/C14H18O2/c1-4-16-14(15)13-8-12(13)11-7-5-6-9(2)10(11)3/h5-7,12-13H,4,8H2,1-3H3/t12-,13+/m0/s1. The van der Waals surface area contributed by atoms with E-state index in [9.17, 15) is 4.79 Å². The summed E-state index contributed by atoms with van der Waals surface area (Å²) in [5.41, 5.74) is 3.93. The van der Waals surface area contributed by atoms with Crippen molar-refractivity contribution in [1.82, 2.24) is 0 Å². The van der Waals surface area contributed by atoms with Crippen LogP contribution < -0.4 is 0 Å². The maximum absolute atomic E-state index is 11.6. The van der Waals surface area contributed by atoms with Gasteiger partial charge in [0.05, 0.1) is 12.5 Å². The summed E-state index contributed by atoms with van der Waals surface area (Å²) < 4.78 is 5.05. The van der Waals surface area contributed by atoms with Gasteiger partial charge in [0.25, 0.3) is 0 Å². The van der Waals surface area contributed by atoms with Crippen LogP contribution in [0.1, 0.15) is 36.0 Å². The molecule has 2 rings (SSSR count). The lowest BCUT2D eigenvalue weighted by atomic mass is 9.99. The first kappa shape index (κ1) is 11.2. The van der Waals surface area contributed by atoms with Crippen LogP contribution in [0.25, 0.3) is 0 Å². The summed E-state index contributed by atoms with van der Waals surface area (Å²) in [6.45, 7) is 6.58. The molecule has 1 aromatic carbocycles. The number of ether oxygens (including phenoxy) is 1. The molecule has 86 valence electrons. The number of rotatable bonds is 3. The Labute approximate surface area is 96.6 Å². The summed E-state index contributed by atoms with van der Waals surface area (Å²) in [6, 6.07) is 6.31. The van der Waals surface area contributed by atoms with Crippen LogP contribution in [-0.4, -0.2) is 12.6 Å². The highest BCUT2D eigenvalue weighted by atomic mass is 16.5. The van der Waals surface area contributed by atoms with E-state index in [-0.39, 0.29) is 11.9 Å². The average Bonchev–Trinajstić information content (AvgIpc) is 3.02. The zero-order valence-electron chi connectivity index (χ0n) is 10.1. The third-order valence-electron chi connectivity index (χ3n) is 3.43. The summed E-state index contributed by atoms with van der Waals surface area (Å²) in [7, 11) is 0. The van der Waals surface area contributed by atoms with Gasteiger partial charge >= 0.3 is 5.97 Å². The van der Waals surface area contributed by atoms with Crippen LogP contribution in [0.15, 0.2) is 18.2 Å². The molecule has 2 atom stereocenters. The van der Waals surface area contributed by atoms with Crippen molar-refractivity contribution >= 4 is 5.97 Å². The van der Waals surface area contributed by atoms with Gasteiger partial charge in [0.15, 0.2) is 0 Å². The fourth-order valence-corrected chi connectivity index (χ4v) is 2.22. The van der Waals surface area contributed by atoms with Crippen LogP contribution in [0, 0.1) is 19.8 Å². The van der Waals surface area contributed by atoms with E-state index in [0.29, 0.717) is 12.5 Å². The monoisotopic (exact) mass is 218 g/mol. The number of esters is 1. The lowest BCUT2D eigenvalue weighted by Crippen LogP contribution is -2.07.